The van der Waals surface area contributed by atoms with Crippen molar-refractivity contribution in [3.05, 3.63) is 70.0 Å². The average Bonchev–Trinajstić information content (AvgIpc) is 2.47. The largest absolute Gasteiger partial charge is 0.312 e. The SMILES string of the molecule is N#Cc1cc(CNCCc2ccc(Cl)cc2)ccc1F. The molecule has 0 amide bonds. The van der Waals surface area contributed by atoms with E-state index in [1.807, 2.05) is 30.3 Å². The zero-order valence-corrected chi connectivity index (χ0v) is 11.6. The van der Waals surface area contributed by atoms with E-state index < -0.39 is 5.82 Å². The summed E-state index contributed by atoms with van der Waals surface area (Å²) in [5, 5.41) is 12.8. The number of nitrogens with one attached hydrogen (secondary N) is 1. The molecular formula is C16H14ClFN2. The van der Waals surface area contributed by atoms with Crippen LogP contribution in [-0.2, 0) is 13.0 Å². The second-order valence-electron chi connectivity index (χ2n) is 4.48. The van der Waals surface area contributed by atoms with Gasteiger partial charge < -0.3 is 5.32 Å². The molecule has 0 atom stereocenters. The highest BCUT2D eigenvalue weighted by molar-refractivity contribution is 6.30. The van der Waals surface area contributed by atoms with E-state index in [0.717, 1.165) is 23.6 Å². The molecule has 0 aliphatic heterocycles. The maximum Gasteiger partial charge on any atom is 0.140 e. The lowest BCUT2D eigenvalue weighted by molar-refractivity contribution is 0.621. The molecule has 2 aromatic carbocycles. The summed E-state index contributed by atoms with van der Waals surface area (Å²) in [7, 11) is 0. The van der Waals surface area contributed by atoms with Crippen LogP contribution in [0.15, 0.2) is 42.5 Å². The Labute approximate surface area is 122 Å². The Morgan fingerprint density at radius 1 is 1.10 bits per heavy atom. The number of benzene rings is 2. The van der Waals surface area contributed by atoms with E-state index in [2.05, 4.69) is 5.32 Å². The van der Waals surface area contributed by atoms with Gasteiger partial charge in [0.1, 0.15) is 11.9 Å². The molecule has 0 bridgehead atoms. The van der Waals surface area contributed by atoms with Crippen LogP contribution in [0.3, 0.4) is 0 Å². The van der Waals surface area contributed by atoms with Gasteiger partial charge in [-0.15, -0.1) is 0 Å². The Kier molecular flexibility index (Phi) is 5.11. The molecule has 2 nitrogen and oxygen atoms in total. The quantitative estimate of drug-likeness (QED) is 0.852. The van der Waals surface area contributed by atoms with Crippen LogP contribution >= 0.6 is 11.6 Å². The number of nitrogens with zero attached hydrogens (tertiary/aromatic N) is 1. The molecule has 0 radical (unpaired) electrons. The molecule has 0 unspecified atom stereocenters. The summed E-state index contributed by atoms with van der Waals surface area (Å²) in [6.45, 7) is 1.42. The number of halogens is 2. The molecule has 0 spiro atoms. The zero-order chi connectivity index (χ0) is 14.4. The highest BCUT2D eigenvalue weighted by atomic mass is 35.5. The lowest BCUT2D eigenvalue weighted by Gasteiger charge is -2.06. The predicted molar refractivity (Wildman–Crippen MR) is 78.0 cm³/mol. The summed E-state index contributed by atoms with van der Waals surface area (Å²) in [6.07, 6.45) is 0.892. The molecule has 2 rings (SSSR count). The molecule has 0 saturated carbocycles. The van der Waals surface area contributed by atoms with Crippen molar-refractivity contribution in [2.75, 3.05) is 6.54 Å². The molecule has 4 heteroatoms. The summed E-state index contributed by atoms with van der Waals surface area (Å²) < 4.78 is 13.2. The van der Waals surface area contributed by atoms with Crippen molar-refractivity contribution >= 4 is 11.6 Å². The first kappa shape index (κ1) is 14.5. The minimum Gasteiger partial charge on any atom is -0.312 e. The summed E-state index contributed by atoms with van der Waals surface area (Å²) >= 11 is 5.82. The van der Waals surface area contributed by atoms with Gasteiger partial charge in [0.05, 0.1) is 5.56 Å². The topological polar surface area (TPSA) is 35.8 Å². The van der Waals surface area contributed by atoms with E-state index in [4.69, 9.17) is 16.9 Å². The minimum absolute atomic E-state index is 0.0852. The summed E-state index contributed by atoms with van der Waals surface area (Å²) in [6, 6.07) is 14.2. The Balaban J connectivity index is 1.81. The number of hydrogen-bond donors (Lipinski definition) is 1. The second-order valence-corrected chi connectivity index (χ2v) is 4.92. The molecule has 0 saturated heterocycles. The van der Waals surface area contributed by atoms with Crippen LogP contribution in [0.2, 0.25) is 5.02 Å². The minimum atomic E-state index is -0.475. The Hall–Kier alpha value is -1.89. The fourth-order valence-electron chi connectivity index (χ4n) is 1.88. The van der Waals surface area contributed by atoms with Crippen LogP contribution < -0.4 is 5.32 Å². The molecule has 2 aromatic rings. The van der Waals surface area contributed by atoms with Crippen LogP contribution in [0.25, 0.3) is 0 Å². The van der Waals surface area contributed by atoms with Gasteiger partial charge >= 0.3 is 0 Å². The van der Waals surface area contributed by atoms with E-state index in [1.165, 1.54) is 11.6 Å². The van der Waals surface area contributed by atoms with Gasteiger partial charge in [-0.2, -0.15) is 5.26 Å². The fourth-order valence-corrected chi connectivity index (χ4v) is 2.01. The lowest BCUT2D eigenvalue weighted by atomic mass is 10.1. The third-order valence-electron chi connectivity index (χ3n) is 2.98. The van der Waals surface area contributed by atoms with Crippen molar-refractivity contribution in [2.45, 2.75) is 13.0 Å². The van der Waals surface area contributed by atoms with Gasteiger partial charge in [-0.25, -0.2) is 4.39 Å². The van der Waals surface area contributed by atoms with Crippen molar-refractivity contribution in [1.82, 2.24) is 5.32 Å². The van der Waals surface area contributed by atoms with Crippen LogP contribution in [0.4, 0.5) is 4.39 Å². The van der Waals surface area contributed by atoms with Gasteiger partial charge in [-0.3, -0.25) is 0 Å². The monoisotopic (exact) mass is 288 g/mol. The van der Waals surface area contributed by atoms with Crippen LogP contribution in [0.5, 0.6) is 0 Å². The normalized spacial score (nSPS) is 10.2. The van der Waals surface area contributed by atoms with Gasteiger partial charge in [0.15, 0.2) is 0 Å². The molecule has 0 aliphatic carbocycles. The predicted octanol–water partition coefficient (Wildman–Crippen LogP) is 3.68. The third-order valence-corrected chi connectivity index (χ3v) is 3.24. The van der Waals surface area contributed by atoms with Crippen LogP contribution in [0.1, 0.15) is 16.7 Å². The molecule has 0 aliphatic rings. The highest BCUT2D eigenvalue weighted by Crippen LogP contribution is 2.10. The van der Waals surface area contributed by atoms with Crippen LogP contribution in [0, 0.1) is 17.1 Å². The first-order valence-electron chi connectivity index (χ1n) is 6.33. The summed E-state index contributed by atoms with van der Waals surface area (Å²) in [5.74, 6) is -0.475. The fraction of sp³-hybridized carbons (Fsp3) is 0.188. The number of rotatable bonds is 5. The average molecular weight is 289 g/mol. The van der Waals surface area contributed by atoms with Crippen molar-refractivity contribution in [3.63, 3.8) is 0 Å². The van der Waals surface area contributed by atoms with Gasteiger partial charge in [-0.05, 0) is 48.4 Å². The van der Waals surface area contributed by atoms with Crippen LogP contribution in [-0.4, -0.2) is 6.54 Å². The third kappa shape index (κ3) is 4.06. The molecule has 0 aromatic heterocycles. The number of nitriles is 1. The summed E-state index contributed by atoms with van der Waals surface area (Å²) in [5.41, 5.74) is 2.19. The van der Waals surface area contributed by atoms with Gasteiger partial charge in [0.2, 0.25) is 0 Å². The highest BCUT2D eigenvalue weighted by Gasteiger charge is 2.02. The van der Waals surface area contributed by atoms with E-state index in [9.17, 15) is 4.39 Å². The second kappa shape index (κ2) is 7.04. The first-order valence-corrected chi connectivity index (χ1v) is 6.70. The van der Waals surface area contributed by atoms with Crippen molar-refractivity contribution < 1.29 is 4.39 Å². The van der Waals surface area contributed by atoms with E-state index in [0.29, 0.717) is 6.54 Å². The Morgan fingerprint density at radius 2 is 1.80 bits per heavy atom. The molecule has 1 N–H and O–H groups in total. The number of hydrogen-bond acceptors (Lipinski definition) is 2. The van der Waals surface area contributed by atoms with Gasteiger partial charge in [-0.1, -0.05) is 29.8 Å². The Morgan fingerprint density at radius 3 is 2.50 bits per heavy atom. The standard InChI is InChI=1S/C16H14ClFN2/c17-15-4-1-12(2-5-15)7-8-20-11-13-3-6-16(18)14(9-13)10-19/h1-6,9,20H,7-8,11H2. The van der Waals surface area contributed by atoms with E-state index >= 15 is 0 Å². The first-order chi connectivity index (χ1) is 9.69. The van der Waals surface area contributed by atoms with E-state index in [-0.39, 0.29) is 5.56 Å². The molecule has 102 valence electrons. The molecular weight excluding hydrogens is 275 g/mol. The van der Waals surface area contributed by atoms with Crippen molar-refractivity contribution in [1.29, 1.82) is 5.26 Å². The van der Waals surface area contributed by atoms with Crippen molar-refractivity contribution in [3.8, 4) is 6.07 Å². The maximum atomic E-state index is 13.2. The van der Waals surface area contributed by atoms with Gasteiger partial charge in [0, 0.05) is 11.6 Å². The molecule has 0 heterocycles. The smallest absolute Gasteiger partial charge is 0.140 e. The van der Waals surface area contributed by atoms with Gasteiger partial charge in [0.25, 0.3) is 0 Å². The Bertz CT molecular complexity index is 617. The summed E-state index contributed by atoms with van der Waals surface area (Å²) in [4.78, 5) is 0. The lowest BCUT2D eigenvalue weighted by Crippen LogP contribution is -2.16. The van der Waals surface area contributed by atoms with E-state index in [1.54, 1.807) is 12.1 Å². The maximum absolute atomic E-state index is 13.2. The zero-order valence-electron chi connectivity index (χ0n) is 10.9. The van der Waals surface area contributed by atoms with Crippen molar-refractivity contribution in [2.24, 2.45) is 0 Å². The molecule has 0 fully saturated rings. The molecule has 20 heavy (non-hydrogen) atoms.